The van der Waals surface area contributed by atoms with Gasteiger partial charge in [0.05, 0.1) is 4.88 Å². The van der Waals surface area contributed by atoms with Gasteiger partial charge in [-0.15, -0.1) is 11.3 Å². The van der Waals surface area contributed by atoms with Gasteiger partial charge in [0, 0.05) is 6.07 Å². The molecule has 0 fully saturated rings. The second-order valence-corrected chi connectivity index (χ2v) is 4.38. The number of aromatic nitrogens is 1. The van der Waals surface area contributed by atoms with E-state index in [1.165, 1.54) is 11.3 Å². The van der Waals surface area contributed by atoms with Crippen molar-refractivity contribution >= 4 is 29.2 Å². The molecule has 2 rings (SSSR count). The summed E-state index contributed by atoms with van der Waals surface area (Å²) < 4.78 is 1.74. The largest absolute Gasteiger partial charge is 0.324 e. The number of nitrogens with one attached hydrogen (secondary N) is 1. The van der Waals surface area contributed by atoms with Crippen LogP contribution >= 0.6 is 11.3 Å². The summed E-state index contributed by atoms with van der Waals surface area (Å²) in [5.41, 5.74) is 0.668. The van der Waals surface area contributed by atoms with Gasteiger partial charge in [-0.05, 0) is 17.5 Å². The monoisotopic (exact) mass is 247 g/mol. The number of carbonyl (C=O) groups excluding carboxylic acids is 2. The van der Waals surface area contributed by atoms with Crippen LogP contribution in [0.2, 0.25) is 0 Å². The predicted molar refractivity (Wildman–Crippen MR) is 65.0 cm³/mol. The first kappa shape index (κ1) is 11.5. The first-order chi connectivity index (χ1) is 8.29. The average Bonchev–Trinajstić information content (AvgIpc) is 2.83. The van der Waals surface area contributed by atoms with Crippen molar-refractivity contribution in [3.63, 3.8) is 0 Å². The lowest BCUT2D eigenvalue weighted by Gasteiger charge is -1.98. The van der Waals surface area contributed by atoms with E-state index in [1.807, 2.05) is 11.4 Å². The summed E-state index contributed by atoms with van der Waals surface area (Å²) >= 11 is 1.43. The van der Waals surface area contributed by atoms with Crippen LogP contribution in [-0.4, -0.2) is 12.2 Å². The maximum Gasteiger partial charge on any atom is 0.237 e. The number of anilines is 1. The standard InChI is InChI=1S/C12H10N2O2S/c15-9-13-10-3-1-5-14(7-10)8-11(16)12-4-2-6-17-12/h1-7,9H,8H2/p+1. The Balaban J connectivity index is 2.10. The third kappa shape index (κ3) is 2.98. The molecule has 2 aromatic heterocycles. The van der Waals surface area contributed by atoms with Crippen LogP contribution in [0.4, 0.5) is 5.69 Å². The number of carbonyl (C=O) groups is 2. The molecule has 5 heteroatoms. The van der Waals surface area contributed by atoms with E-state index in [0.29, 0.717) is 12.1 Å². The minimum Gasteiger partial charge on any atom is -0.324 e. The van der Waals surface area contributed by atoms with Crippen molar-refractivity contribution in [3.8, 4) is 0 Å². The number of rotatable bonds is 5. The van der Waals surface area contributed by atoms with Crippen LogP contribution in [0.5, 0.6) is 0 Å². The summed E-state index contributed by atoms with van der Waals surface area (Å²) in [5.74, 6) is 0.0632. The Hall–Kier alpha value is -2.01. The van der Waals surface area contributed by atoms with Gasteiger partial charge in [-0.1, -0.05) is 6.07 Å². The van der Waals surface area contributed by atoms with Crippen molar-refractivity contribution in [1.29, 1.82) is 0 Å². The van der Waals surface area contributed by atoms with Crippen LogP contribution in [-0.2, 0) is 11.3 Å². The molecule has 0 aliphatic heterocycles. The van der Waals surface area contributed by atoms with Crippen LogP contribution in [0.15, 0.2) is 42.0 Å². The molecular formula is C12H11N2O2S+. The maximum atomic E-state index is 11.8. The Morgan fingerprint density at radius 1 is 1.41 bits per heavy atom. The molecule has 86 valence electrons. The van der Waals surface area contributed by atoms with Gasteiger partial charge in [-0.25, -0.2) is 0 Å². The molecule has 1 amide bonds. The van der Waals surface area contributed by atoms with Crippen LogP contribution in [0.3, 0.4) is 0 Å². The Bertz CT molecular complexity index is 523. The maximum absolute atomic E-state index is 11.8. The van der Waals surface area contributed by atoms with Crippen LogP contribution in [0, 0.1) is 0 Å². The minimum atomic E-state index is 0.0632. The lowest BCUT2D eigenvalue weighted by atomic mass is 10.3. The van der Waals surface area contributed by atoms with Gasteiger partial charge in [0.25, 0.3) is 0 Å². The van der Waals surface area contributed by atoms with Crippen molar-refractivity contribution in [2.75, 3.05) is 5.32 Å². The second kappa shape index (κ2) is 5.36. The van der Waals surface area contributed by atoms with Crippen molar-refractivity contribution < 1.29 is 14.2 Å². The highest BCUT2D eigenvalue weighted by Crippen LogP contribution is 2.09. The Morgan fingerprint density at radius 3 is 3.00 bits per heavy atom. The van der Waals surface area contributed by atoms with E-state index in [4.69, 9.17) is 0 Å². The summed E-state index contributed by atoms with van der Waals surface area (Å²) in [4.78, 5) is 22.9. The van der Waals surface area contributed by atoms with Gasteiger partial charge in [0.2, 0.25) is 18.7 Å². The number of pyridine rings is 1. The molecule has 2 heterocycles. The molecule has 0 aliphatic rings. The lowest BCUT2D eigenvalue weighted by Crippen LogP contribution is -2.37. The van der Waals surface area contributed by atoms with Gasteiger partial charge in [-0.3, -0.25) is 9.59 Å². The number of amides is 1. The van der Waals surface area contributed by atoms with E-state index in [-0.39, 0.29) is 12.3 Å². The highest BCUT2D eigenvalue weighted by atomic mass is 32.1. The van der Waals surface area contributed by atoms with E-state index < -0.39 is 0 Å². The fourth-order valence-electron chi connectivity index (χ4n) is 1.45. The molecule has 0 saturated heterocycles. The molecule has 0 atom stereocenters. The molecular weight excluding hydrogens is 236 g/mol. The van der Waals surface area contributed by atoms with E-state index >= 15 is 0 Å². The third-order valence-corrected chi connectivity index (χ3v) is 3.12. The zero-order chi connectivity index (χ0) is 12.1. The number of thiophene rings is 1. The summed E-state index contributed by atoms with van der Waals surface area (Å²) in [6.07, 6.45) is 4.13. The van der Waals surface area contributed by atoms with Crippen LogP contribution in [0.25, 0.3) is 0 Å². The molecule has 0 aromatic carbocycles. The SMILES string of the molecule is O=CNc1ccc[n+](CC(=O)c2cccs2)c1. The average molecular weight is 247 g/mol. The van der Waals surface area contributed by atoms with Crippen LogP contribution in [0.1, 0.15) is 9.67 Å². The van der Waals surface area contributed by atoms with Crippen molar-refractivity contribution in [2.24, 2.45) is 0 Å². The topological polar surface area (TPSA) is 50.1 Å². The quantitative estimate of drug-likeness (QED) is 0.494. The molecule has 0 aliphatic carbocycles. The Kier molecular flexibility index (Phi) is 3.62. The van der Waals surface area contributed by atoms with E-state index in [0.717, 1.165) is 4.88 Å². The molecule has 0 saturated carbocycles. The van der Waals surface area contributed by atoms with Gasteiger partial charge < -0.3 is 5.32 Å². The number of hydrogen-bond donors (Lipinski definition) is 1. The predicted octanol–water partition coefficient (Wildman–Crippen LogP) is 1.49. The fourth-order valence-corrected chi connectivity index (χ4v) is 2.11. The van der Waals surface area contributed by atoms with Gasteiger partial charge in [0.15, 0.2) is 12.4 Å². The fraction of sp³-hybridized carbons (Fsp3) is 0.0833. The van der Waals surface area contributed by atoms with E-state index in [9.17, 15) is 9.59 Å². The van der Waals surface area contributed by atoms with Gasteiger partial charge in [-0.2, -0.15) is 4.57 Å². The number of Topliss-reactive ketones (excluding diaryl/α,β-unsaturated/α-hetero) is 1. The minimum absolute atomic E-state index is 0.0632. The summed E-state index contributed by atoms with van der Waals surface area (Å²) in [5, 5.41) is 4.42. The van der Waals surface area contributed by atoms with E-state index in [2.05, 4.69) is 5.32 Å². The van der Waals surface area contributed by atoms with Gasteiger partial charge in [0.1, 0.15) is 5.69 Å². The summed E-state index contributed by atoms with van der Waals surface area (Å²) in [6, 6.07) is 7.21. The first-order valence-electron chi connectivity index (χ1n) is 5.05. The normalized spacial score (nSPS) is 9.88. The molecule has 0 radical (unpaired) electrons. The number of hydrogen-bond acceptors (Lipinski definition) is 3. The van der Waals surface area contributed by atoms with Crippen molar-refractivity contribution in [1.82, 2.24) is 0 Å². The number of ketones is 1. The zero-order valence-electron chi connectivity index (χ0n) is 9.00. The zero-order valence-corrected chi connectivity index (χ0v) is 9.81. The highest BCUT2D eigenvalue weighted by Gasteiger charge is 2.13. The smallest absolute Gasteiger partial charge is 0.237 e. The Morgan fingerprint density at radius 2 is 2.29 bits per heavy atom. The molecule has 0 bridgehead atoms. The second-order valence-electron chi connectivity index (χ2n) is 3.43. The molecule has 0 spiro atoms. The summed E-state index contributed by atoms with van der Waals surface area (Å²) in [6.45, 7) is 0.273. The molecule has 2 aromatic rings. The van der Waals surface area contributed by atoms with E-state index in [1.54, 1.807) is 35.2 Å². The third-order valence-electron chi connectivity index (χ3n) is 2.21. The molecule has 17 heavy (non-hydrogen) atoms. The molecule has 4 nitrogen and oxygen atoms in total. The van der Waals surface area contributed by atoms with Crippen LogP contribution < -0.4 is 9.88 Å². The Labute approximate surface area is 103 Å². The number of nitrogens with zero attached hydrogens (tertiary/aromatic N) is 1. The molecule has 0 unspecified atom stereocenters. The van der Waals surface area contributed by atoms with Gasteiger partial charge >= 0.3 is 0 Å². The first-order valence-corrected chi connectivity index (χ1v) is 5.93. The van der Waals surface area contributed by atoms with Crippen molar-refractivity contribution in [3.05, 3.63) is 46.9 Å². The molecule has 1 N–H and O–H groups in total. The van der Waals surface area contributed by atoms with Crippen molar-refractivity contribution in [2.45, 2.75) is 6.54 Å². The highest BCUT2D eigenvalue weighted by molar-refractivity contribution is 7.12. The lowest BCUT2D eigenvalue weighted by molar-refractivity contribution is -0.682. The summed E-state index contributed by atoms with van der Waals surface area (Å²) in [7, 11) is 0.